The lowest BCUT2D eigenvalue weighted by atomic mass is 9.91. The van der Waals surface area contributed by atoms with E-state index in [9.17, 15) is 8.42 Å². The summed E-state index contributed by atoms with van der Waals surface area (Å²) in [6.45, 7) is 0. The largest absolute Gasteiger partial charge is 0.393 e. The molecule has 0 atom stereocenters. The first kappa shape index (κ1) is 13.5. The number of halogens is 2. The fraction of sp³-hybridized carbons (Fsp3) is 0.400. The van der Waals surface area contributed by atoms with Crippen LogP contribution in [0.5, 0.6) is 0 Å². The van der Waals surface area contributed by atoms with Gasteiger partial charge in [-0.3, -0.25) is 0 Å². The van der Waals surface area contributed by atoms with Crippen molar-refractivity contribution in [3.8, 4) is 0 Å². The molecule has 17 heavy (non-hydrogen) atoms. The molecule has 2 N–H and O–H groups in total. The molecule has 1 aromatic rings. The van der Waals surface area contributed by atoms with Crippen molar-refractivity contribution in [2.75, 3.05) is 0 Å². The molecule has 0 radical (unpaired) electrons. The van der Waals surface area contributed by atoms with Gasteiger partial charge in [-0.25, -0.2) is 13.1 Å². The summed E-state index contributed by atoms with van der Waals surface area (Å²) in [5, 5.41) is 9.13. The first-order chi connectivity index (χ1) is 7.88. The Labute approximate surface area is 117 Å². The van der Waals surface area contributed by atoms with Gasteiger partial charge in [0.05, 0.1) is 11.0 Å². The number of sulfonamides is 1. The van der Waals surface area contributed by atoms with E-state index in [2.05, 4.69) is 36.6 Å². The van der Waals surface area contributed by atoms with E-state index in [0.29, 0.717) is 17.3 Å². The fourth-order valence-electron chi connectivity index (χ4n) is 1.66. The quantitative estimate of drug-likeness (QED) is 0.837. The molecule has 0 amide bonds. The predicted molar refractivity (Wildman–Crippen MR) is 71.2 cm³/mol. The lowest BCUT2D eigenvalue weighted by Crippen LogP contribution is -2.46. The SMILES string of the molecule is O=S(=O)(NC1CC(O)C1)c1ccc(Br)cc1Br. The average Bonchev–Trinajstić information content (AvgIpc) is 2.14. The average molecular weight is 385 g/mol. The summed E-state index contributed by atoms with van der Waals surface area (Å²) < 4.78 is 28.0. The molecular weight excluding hydrogens is 374 g/mol. The van der Waals surface area contributed by atoms with Crippen LogP contribution in [0.15, 0.2) is 32.0 Å². The topological polar surface area (TPSA) is 66.4 Å². The number of aliphatic hydroxyl groups excluding tert-OH is 1. The van der Waals surface area contributed by atoms with E-state index in [0.717, 1.165) is 4.47 Å². The van der Waals surface area contributed by atoms with Crippen molar-refractivity contribution >= 4 is 41.9 Å². The standard InChI is InChI=1S/C10H11Br2NO3S/c11-6-1-2-10(9(12)3-6)17(15,16)13-7-4-8(14)5-7/h1-3,7-8,13-14H,4-5H2. The van der Waals surface area contributed by atoms with Gasteiger partial charge in [0.15, 0.2) is 0 Å². The van der Waals surface area contributed by atoms with Gasteiger partial charge in [0.2, 0.25) is 10.0 Å². The van der Waals surface area contributed by atoms with Crippen LogP contribution >= 0.6 is 31.9 Å². The Morgan fingerprint density at radius 3 is 2.47 bits per heavy atom. The highest BCUT2D eigenvalue weighted by Gasteiger charge is 2.31. The molecule has 0 aromatic heterocycles. The minimum Gasteiger partial charge on any atom is -0.393 e. The highest BCUT2D eigenvalue weighted by molar-refractivity contribution is 9.11. The van der Waals surface area contributed by atoms with Gasteiger partial charge in [0.1, 0.15) is 0 Å². The Morgan fingerprint density at radius 1 is 1.29 bits per heavy atom. The monoisotopic (exact) mass is 383 g/mol. The lowest BCUT2D eigenvalue weighted by Gasteiger charge is -2.31. The zero-order valence-electron chi connectivity index (χ0n) is 8.73. The summed E-state index contributed by atoms with van der Waals surface area (Å²) in [4.78, 5) is 0.210. The van der Waals surface area contributed by atoms with Crippen LogP contribution < -0.4 is 4.72 Å². The van der Waals surface area contributed by atoms with Crippen molar-refractivity contribution in [1.29, 1.82) is 0 Å². The summed E-state index contributed by atoms with van der Waals surface area (Å²) in [6, 6.07) is 4.73. The predicted octanol–water partition coefficient (Wildman–Crippen LogP) is 2.01. The molecule has 1 aliphatic carbocycles. The minimum absolute atomic E-state index is 0.162. The molecule has 1 fully saturated rings. The van der Waals surface area contributed by atoms with Gasteiger partial charge in [-0.1, -0.05) is 15.9 Å². The molecule has 1 aromatic carbocycles. The molecule has 7 heteroatoms. The molecule has 0 aliphatic heterocycles. The number of benzene rings is 1. The Bertz CT molecular complexity index is 526. The van der Waals surface area contributed by atoms with E-state index in [-0.39, 0.29) is 17.0 Å². The lowest BCUT2D eigenvalue weighted by molar-refractivity contribution is 0.0712. The van der Waals surface area contributed by atoms with E-state index in [1.165, 1.54) is 6.07 Å². The second kappa shape index (κ2) is 4.97. The van der Waals surface area contributed by atoms with Crippen LogP contribution in [0.1, 0.15) is 12.8 Å². The third-order valence-corrected chi connectivity index (χ3v) is 5.61. The van der Waals surface area contributed by atoms with Gasteiger partial charge < -0.3 is 5.11 Å². The van der Waals surface area contributed by atoms with Gasteiger partial charge in [-0.2, -0.15) is 0 Å². The molecule has 0 spiro atoms. The normalized spacial score (nSPS) is 24.4. The van der Waals surface area contributed by atoms with Crippen LogP contribution in [0.25, 0.3) is 0 Å². The zero-order chi connectivity index (χ0) is 12.6. The minimum atomic E-state index is -3.52. The van der Waals surface area contributed by atoms with Gasteiger partial charge in [-0.05, 0) is 47.0 Å². The van der Waals surface area contributed by atoms with E-state index < -0.39 is 10.0 Å². The molecule has 2 rings (SSSR count). The smallest absolute Gasteiger partial charge is 0.241 e. The highest BCUT2D eigenvalue weighted by Crippen LogP contribution is 2.27. The molecule has 0 saturated heterocycles. The Balaban J connectivity index is 2.20. The van der Waals surface area contributed by atoms with Crippen molar-refractivity contribution in [2.24, 2.45) is 0 Å². The van der Waals surface area contributed by atoms with Crippen molar-refractivity contribution in [2.45, 2.75) is 29.9 Å². The van der Waals surface area contributed by atoms with Crippen molar-refractivity contribution in [3.05, 3.63) is 27.1 Å². The zero-order valence-corrected chi connectivity index (χ0v) is 12.7. The summed E-state index contributed by atoms with van der Waals surface area (Å²) in [5.41, 5.74) is 0. The second-order valence-electron chi connectivity index (χ2n) is 4.02. The van der Waals surface area contributed by atoms with E-state index in [1.807, 2.05) is 0 Å². The van der Waals surface area contributed by atoms with Gasteiger partial charge in [0.25, 0.3) is 0 Å². The fourth-order valence-corrected chi connectivity index (χ4v) is 4.67. The molecule has 0 unspecified atom stereocenters. The van der Waals surface area contributed by atoms with E-state index in [1.54, 1.807) is 12.1 Å². The Morgan fingerprint density at radius 2 is 1.94 bits per heavy atom. The number of hydrogen-bond acceptors (Lipinski definition) is 3. The van der Waals surface area contributed by atoms with Crippen molar-refractivity contribution in [1.82, 2.24) is 4.72 Å². The van der Waals surface area contributed by atoms with Crippen LogP contribution in [-0.4, -0.2) is 25.7 Å². The maximum Gasteiger partial charge on any atom is 0.241 e. The number of nitrogens with one attached hydrogen (secondary N) is 1. The van der Waals surface area contributed by atoms with Crippen molar-refractivity contribution in [3.63, 3.8) is 0 Å². The number of hydrogen-bond donors (Lipinski definition) is 2. The third kappa shape index (κ3) is 3.08. The first-order valence-electron chi connectivity index (χ1n) is 5.04. The molecule has 4 nitrogen and oxygen atoms in total. The first-order valence-corrected chi connectivity index (χ1v) is 8.11. The van der Waals surface area contributed by atoms with Gasteiger partial charge in [0, 0.05) is 15.0 Å². The van der Waals surface area contributed by atoms with E-state index in [4.69, 9.17) is 5.11 Å². The molecule has 0 heterocycles. The molecular formula is C10H11Br2NO3S. The Hall–Kier alpha value is 0.0500. The van der Waals surface area contributed by atoms with Crippen LogP contribution in [-0.2, 0) is 10.0 Å². The maximum absolute atomic E-state index is 12.0. The van der Waals surface area contributed by atoms with Crippen LogP contribution in [0.4, 0.5) is 0 Å². The van der Waals surface area contributed by atoms with Gasteiger partial charge >= 0.3 is 0 Å². The van der Waals surface area contributed by atoms with Crippen molar-refractivity contribution < 1.29 is 13.5 Å². The molecule has 1 saturated carbocycles. The summed E-state index contributed by atoms with van der Waals surface area (Å²) in [7, 11) is -3.52. The summed E-state index contributed by atoms with van der Waals surface area (Å²) in [6.07, 6.45) is 0.580. The number of rotatable bonds is 3. The summed E-state index contributed by atoms with van der Waals surface area (Å²) >= 11 is 6.49. The van der Waals surface area contributed by atoms with Crippen LogP contribution in [0.3, 0.4) is 0 Å². The second-order valence-corrected chi connectivity index (χ2v) is 7.47. The summed E-state index contributed by atoms with van der Waals surface area (Å²) in [5.74, 6) is 0. The third-order valence-electron chi connectivity index (χ3n) is 2.62. The van der Waals surface area contributed by atoms with Crippen LogP contribution in [0, 0.1) is 0 Å². The molecule has 1 aliphatic rings. The van der Waals surface area contributed by atoms with Gasteiger partial charge in [-0.15, -0.1) is 0 Å². The van der Waals surface area contributed by atoms with Crippen LogP contribution in [0.2, 0.25) is 0 Å². The van der Waals surface area contributed by atoms with E-state index >= 15 is 0 Å². The number of aliphatic hydroxyl groups is 1. The molecule has 94 valence electrons. The Kier molecular flexibility index (Phi) is 3.94. The molecule has 0 bridgehead atoms. The maximum atomic E-state index is 12.0. The highest BCUT2D eigenvalue weighted by atomic mass is 79.9.